The number of imidazole rings is 1. The molecule has 18 heavy (non-hydrogen) atoms. The van der Waals surface area contributed by atoms with Crippen LogP contribution < -0.4 is 4.74 Å². The quantitative estimate of drug-likeness (QED) is 0.775. The first-order valence-corrected chi connectivity index (χ1v) is 6.07. The summed E-state index contributed by atoms with van der Waals surface area (Å²) in [5, 5.41) is 0. The van der Waals surface area contributed by atoms with Crippen molar-refractivity contribution >= 4 is 22.8 Å². The molecule has 0 saturated heterocycles. The van der Waals surface area contributed by atoms with E-state index in [-0.39, 0.29) is 6.04 Å². The summed E-state index contributed by atoms with van der Waals surface area (Å²) >= 11 is 5.93. The van der Waals surface area contributed by atoms with Crippen LogP contribution >= 0.6 is 11.6 Å². The Labute approximate surface area is 110 Å². The maximum Gasteiger partial charge on any atom is 0.245 e. The van der Waals surface area contributed by atoms with Crippen molar-refractivity contribution in [3.63, 3.8) is 0 Å². The van der Waals surface area contributed by atoms with Gasteiger partial charge in [0.1, 0.15) is 12.2 Å². The van der Waals surface area contributed by atoms with Crippen LogP contribution in [0, 0.1) is 0 Å². The lowest BCUT2D eigenvalue weighted by molar-refractivity contribution is 0.162. The highest BCUT2D eigenvalue weighted by molar-refractivity contribution is 6.16. The van der Waals surface area contributed by atoms with Crippen molar-refractivity contribution in [2.24, 2.45) is 0 Å². The van der Waals surface area contributed by atoms with Crippen LogP contribution in [0.3, 0.4) is 0 Å². The summed E-state index contributed by atoms with van der Waals surface area (Å²) in [6, 6.07) is 0.0911. The number of halogens is 1. The number of methoxy groups -OCH3 is 2. The lowest BCUT2D eigenvalue weighted by atomic mass is 10.3. The molecule has 0 N–H and O–H groups in total. The van der Waals surface area contributed by atoms with E-state index in [4.69, 9.17) is 21.1 Å². The number of fused-ring (bicyclic) bond motifs is 1. The Balaban J connectivity index is 2.62. The number of alkyl halides is 1. The van der Waals surface area contributed by atoms with Crippen molar-refractivity contribution < 1.29 is 9.47 Å². The number of hydrogen-bond donors (Lipinski definition) is 0. The highest BCUT2D eigenvalue weighted by Gasteiger charge is 2.19. The van der Waals surface area contributed by atoms with Gasteiger partial charge in [-0.1, -0.05) is 0 Å². The minimum absolute atomic E-state index is 0.0911. The predicted molar refractivity (Wildman–Crippen MR) is 68.0 cm³/mol. The molecule has 0 spiro atoms. The molecular formula is C11H15ClN4O2. The van der Waals surface area contributed by atoms with E-state index in [0.717, 1.165) is 5.82 Å². The Hall–Kier alpha value is -1.40. The monoisotopic (exact) mass is 270 g/mol. The topological polar surface area (TPSA) is 62.1 Å². The molecule has 0 aliphatic carbocycles. The summed E-state index contributed by atoms with van der Waals surface area (Å²) < 4.78 is 12.3. The molecule has 0 bridgehead atoms. The molecule has 2 aromatic heterocycles. The van der Waals surface area contributed by atoms with Gasteiger partial charge in [0.25, 0.3) is 0 Å². The van der Waals surface area contributed by atoms with E-state index in [1.165, 1.54) is 6.33 Å². The second-order valence-corrected chi connectivity index (χ2v) is 4.16. The Kier molecular flexibility index (Phi) is 3.98. The molecule has 0 aliphatic heterocycles. The second-order valence-electron chi connectivity index (χ2n) is 3.89. The molecule has 0 aliphatic rings. The summed E-state index contributed by atoms with van der Waals surface area (Å²) in [5.74, 6) is 1.48. The molecular weight excluding hydrogens is 256 g/mol. The zero-order chi connectivity index (χ0) is 13.1. The fourth-order valence-corrected chi connectivity index (χ4v) is 2.14. The van der Waals surface area contributed by atoms with Crippen molar-refractivity contribution in [3.05, 3.63) is 12.2 Å². The normalized spacial score (nSPS) is 12.9. The average Bonchev–Trinajstić information content (AvgIpc) is 2.77. The molecule has 0 amide bonds. The number of nitrogens with zero attached hydrogens (tertiary/aromatic N) is 4. The Morgan fingerprint density at radius 3 is 2.78 bits per heavy atom. The van der Waals surface area contributed by atoms with Crippen molar-refractivity contribution in [3.8, 4) is 5.88 Å². The van der Waals surface area contributed by atoms with E-state index in [1.807, 2.05) is 11.5 Å². The van der Waals surface area contributed by atoms with Crippen molar-refractivity contribution in [1.29, 1.82) is 0 Å². The Morgan fingerprint density at radius 2 is 2.17 bits per heavy atom. The molecule has 0 radical (unpaired) electrons. The van der Waals surface area contributed by atoms with Crippen LogP contribution in [-0.2, 0) is 10.6 Å². The Morgan fingerprint density at radius 1 is 1.39 bits per heavy atom. The molecule has 98 valence electrons. The predicted octanol–water partition coefficient (Wildman–Crippen LogP) is 1.78. The van der Waals surface area contributed by atoms with Crippen LogP contribution in [0.15, 0.2) is 6.33 Å². The molecule has 1 atom stereocenters. The van der Waals surface area contributed by atoms with Gasteiger partial charge in [-0.15, -0.1) is 11.6 Å². The molecule has 0 saturated carbocycles. The van der Waals surface area contributed by atoms with E-state index >= 15 is 0 Å². The minimum Gasteiger partial charge on any atom is -0.479 e. The van der Waals surface area contributed by atoms with E-state index in [2.05, 4.69) is 15.0 Å². The summed E-state index contributed by atoms with van der Waals surface area (Å²) in [5.41, 5.74) is 1.33. The lowest BCUT2D eigenvalue weighted by Crippen LogP contribution is -2.14. The van der Waals surface area contributed by atoms with Crippen LogP contribution in [-0.4, -0.2) is 40.3 Å². The molecule has 7 heteroatoms. The third-order valence-electron chi connectivity index (χ3n) is 2.68. The van der Waals surface area contributed by atoms with Crippen molar-refractivity contribution in [1.82, 2.24) is 19.5 Å². The lowest BCUT2D eigenvalue weighted by Gasteiger charge is -2.15. The second kappa shape index (κ2) is 5.49. The minimum atomic E-state index is 0.0911. The smallest absolute Gasteiger partial charge is 0.245 e. The van der Waals surface area contributed by atoms with Gasteiger partial charge in [-0.05, 0) is 6.92 Å². The summed E-state index contributed by atoms with van der Waals surface area (Å²) in [7, 11) is 3.21. The summed E-state index contributed by atoms with van der Waals surface area (Å²) in [4.78, 5) is 12.7. The number of rotatable bonds is 5. The van der Waals surface area contributed by atoms with E-state index in [0.29, 0.717) is 29.5 Å². The highest BCUT2D eigenvalue weighted by Crippen LogP contribution is 2.25. The van der Waals surface area contributed by atoms with Crippen molar-refractivity contribution in [2.45, 2.75) is 18.8 Å². The molecule has 0 aromatic carbocycles. The van der Waals surface area contributed by atoms with Gasteiger partial charge in [0.2, 0.25) is 5.88 Å². The third-order valence-corrected chi connectivity index (χ3v) is 2.92. The SMILES string of the molecule is COCC(C)n1c(CCl)nc2c(OC)ncnc21. The standard InChI is InChI=1S/C11H15ClN4O2/c1-7(5-17-2)16-8(4-12)15-9-10(16)13-6-14-11(9)18-3/h6-7H,4-5H2,1-3H3. The van der Waals surface area contributed by atoms with Crippen molar-refractivity contribution in [2.75, 3.05) is 20.8 Å². The van der Waals surface area contributed by atoms with Gasteiger partial charge in [-0.2, -0.15) is 4.98 Å². The van der Waals surface area contributed by atoms with Gasteiger partial charge < -0.3 is 14.0 Å². The molecule has 1 unspecified atom stereocenters. The van der Waals surface area contributed by atoms with Crippen LogP contribution in [0.5, 0.6) is 5.88 Å². The van der Waals surface area contributed by atoms with Crippen LogP contribution in [0.2, 0.25) is 0 Å². The first kappa shape index (κ1) is 13.0. The first-order valence-electron chi connectivity index (χ1n) is 5.53. The van der Waals surface area contributed by atoms with Crippen LogP contribution in [0.4, 0.5) is 0 Å². The highest BCUT2D eigenvalue weighted by atomic mass is 35.5. The van der Waals surface area contributed by atoms with Gasteiger partial charge in [-0.3, -0.25) is 0 Å². The molecule has 0 fully saturated rings. The summed E-state index contributed by atoms with van der Waals surface area (Å²) in [6.45, 7) is 2.58. The maximum absolute atomic E-state index is 5.93. The van der Waals surface area contributed by atoms with E-state index < -0.39 is 0 Å². The molecule has 2 heterocycles. The number of ether oxygens (including phenoxy) is 2. The Bertz CT molecular complexity index is 543. The van der Waals surface area contributed by atoms with Gasteiger partial charge in [-0.25, -0.2) is 9.97 Å². The number of hydrogen-bond acceptors (Lipinski definition) is 5. The molecule has 2 rings (SSSR count). The van der Waals surface area contributed by atoms with Gasteiger partial charge >= 0.3 is 0 Å². The van der Waals surface area contributed by atoms with E-state index in [9.17, 15) is 0 Å². The fourth-order valence-electron chi connectivity index (χ4n) is 1.96. The fraction of sp³-hybridized carbons (Fsp3) is 0.545. The average molecular weight is 271 g/mol. The zero-order valence-electron chi connectivity index (χ0n) is 10.6. The van der Waals surface area contributed by atoms with Gasteiger partial charge in [0, 0.05) is 7.11 Å². The third kappa shape index (κ3) is 2.13. The first-order chi connectivity index (χ1) is 8.72. The maximum atomic E-state index is 5.93. The van der Waals surface area contributed by atoms with Gasteiger partial charge in [0.05, 0.1) is 25.6 Å². The molecule has 6 nitrogen and oxygen atoms in total. The zero-order valence-corrected chi connectivity index (χ0v) is 11.3. The molecule has 2 aromatic rings. The van der Waals surface area contributed by atoms with Gasteiger partial charge in [0.15, 0.2) is 11.2 Å². The van der Waals surface area contributed by atoms with Crippen LogP contribution in [0.1, 0.15) is 18.8 Å². The van der Waals surface area contributed by atoms with E-state index in [1.54, 1.807) is 14.2 Å². The number of aromatic nitrogens is 4. The summed E-state index contributed by atoms with van der Waals surface area (Å²) in [6.07, 6.45) is 1.46. The van der Waals surface area contributed by atoms with Crippen LogP contribution in [0.25, 0.3) is 11.2 Å². The largest absolute Gasteiger partial charge is 0.479 e.